The van der Waals surface area contributed by atoms with Crippen molar-refractivity contribution in [3.8, 4) is 0 Å². The number of allylic oxidation sites excluding steroid dienone is 10. The van der Waals surface area contributed by atoms with Gasteiger partial charge in [-0.15, -0.1) is 0 Å². The van der Waals surface area contributed by atoms with E-state index in [4.69, 9.17) is 14.2 Å². The van der Waals surface area contributed by atoms with Crippen molar-refractivity contribution in [1.82, 2.24) is 0 Å². The fourth-order valence-electron chi connectivity index (χ4n) is 7.17. The molecule has 1 atom stereocenters. The molecular formula is C55H96O6. The topological polar surface area (TPSA) is 78.9 Å². The molecule has 0 aliphatic carbocycles. The lowest BCUT2D eigenvalue weighted by Crippen LogP contribution is -2.30. The van der Waals surface area contributed by atoms with Crippen LogP contribution >= 0.6 is 0 Å². The van der Waals surface area contributed by atoms with Crippen LogP contribution in [0.25, 0.3) is 0 Å². The predicted octanol–water partition coefficient (Wildman–Crippen LogP) is 16.9. The Labute approximate surface area is 377 Å². The molecule has 0 aliphatic rings. The Balaban J connectivity index is 4.30. The number of hydrogen-bond donors (Lipinski definition) is 0. The van der Waals surface area contributed by atoms with E-state index in [-0.39, 0.29) is 31.1 Å². The molecule has 1 unspecified atom stereocenters. The van der Waals surface area contributed by atoms with E-state index in [1.54, 1.807) is 0 Å². The third-order valence-corrected chi connectivity index (χ3v) is 11.0. The molecule has 0 aromatic rings. The van der Waals surface area contributed by atoms with Crippen LogP contribution in [0.3, 0.4) is 0 Å². The highest BCUT2D eigenvalue weighted by molar-refractivity contribution is 5.71. The highest BCUT2D eigenvalue weighted by atomic mass is 16.6. The Kier molecular flexibility index (Phi) is 47.4. The molecule has 0 rings (SSSR count). The molecule has 0 spiro atoms. The van der Waals surface area contributed by atoms with Gasteiger partial charge in [0.05, 0.1) is 0 Å². The van der Waals surface area contributed by atoms with Gasteiger partial charge in [0, 0.05) is 19.3 Å². The highest BCUT2D eigenvalue weighted by Crippen LogP contribution is 2.15. The summed E-state index contributed by atoms with van der Waals surface area (Å²) in [6.45, 7) is 6.47. The number of carbonyl (C=O) groups is 3. The zero-order chi connectivity index (χ0) is 44.4. The zero-order valence-electron chi connectivity index (χ0n) is 40.2. The fraction of sp³-hybridized carbons (Fsp3) is 0.764. The first-order valence-electron chi connectivity index (χ1n) is 25.8. The number of ether oxygens (including phenoxy) is 3. The lowest BCUT2D eigenvalue weighted by Gasteiger charge is -2.18. The van der Waals surface area contributed by atoms with Crippen molar-refractivity contribution in [1.29, 1.82) is 0 Å². The minimum absolute atomic E-state index is 0.0827. The molecule has 0 fully saturated rings. The second-order valence-electron chi connectivity index (χ2n) is 17.1. The second kappa shape index (κ2) is 49.8. The van der Waals surface area contributed by atoms with Gasteiger partial charge in [0.2, 0.25) is 0 Å². The number of rotatable bonds is 46. The van der Waals surface area contributed by atoms with Crippen LogP contribution < -0.4 is 0 Å². The molecular weight excluding hydrogens is 757 g/mol. The van der Waals surface area contributed by atoms with Crippen molar-refractivity contribution >= 4 is 17.9 Å². The van der Waals surface area contributed by atoms with Gasteiger partial charge < -0.3 is 14.2 Å². The summed E-state index contributed by atoms with van der Waals surface area (Å²) in [5.41, 5.74) is 0. The zero-order valence-corrected chi connectivity index (χ0v) is 40.2. The predicted molar refractivity (Wildman–Crippen MR) is 261 cm³/mol. The SMILES string of the molecule is CC/C=C\C/C=C\C/C=C\C/C=C\C/C=C\CCCCCC(=O)OCC(COC(=O)CCCCCCCCC)OC(=O)CCCCCCCCCCCCCCCCCCC. The van der Waals surface area contributed by atoms with Crippen LogP contribution in [-0.4, -0.2) is 37.2 Å². The van der Waals surface area contributed by atoms with Crippen LogP contribution in [0.1, 0.15) is 252 Å². The van der Waals surface area contributed by atoms with E-state index in [2.05, 4.69) is 81.5 Å². The first-order valence-corrected chi connectivity index (χ1v) is 25.8. The summed E-state index contributed by atoms with van der Waals surface area (Å²) in [4.78, 5) is 37.8. The van der Waals surface area contributed by atoms with Gasteiger partial charge in [0.15, 0.2) is 6.10 Å². The van der Waals surface area contributed by atoms with E-state index in [1.165, 1.54) is 116 Å². The molecule has 6 heteroatoms. The maximum absolute atomic E-state index is 12.8. The van der Waals surface area contributed by atoms with Gasteiger partial charge in [0.25, 0.3) is 0 Å². The summed E-state index contributed by atoms with van der Waals surface area (Å²) < 4.78 is 16.7. The Bertz CT molecular complexity index is 1120. The average Bonchev–Trinajstić information content (AvgIpc) is 3.26. The van der Waals surface area contributed by atoms with Gasteiger partial charge in [-0.3, -0.25) is 14.4 Å². The van der Waals surface area contributed by atoms with Gasteiger partial charge in [-0.2, -0.15) is 0 Å². The van der Waals surface area contributed by atoms with Crippen molar-refractivity contribution in [2.45, 2.75) is 258 Å². The summed E-state index contributed by atoms with van der Waals surface area (Å²) in [6, 6.07) is 0. The van der Waals surface area contributed by atoms with Crippen LogP contribution in [0.2, 0.25) is 0 Å². The normalized spacial score (nSPS) is 12.5. The minimum atomic E-state index is -0.782. The summed E-state index contributed by atoms with van der Waals surface area (Å²) >= 11 is 0. The second-order valence-corrected chi connectivity index (χ2v) is 17.1. The van der Waals surface area contributed by atoms with E-state index in [0.29, 0.717) is 19.3 Å². The number of hydrogen-bond acceptors (Lipinski definition) is 6. The van der Waals surface area contributed by atoms with Crippen LogP contribution in [0, 0.1) is 0 Å². The van der Waals surface area contributed by atoms with Crippen molar-refractivity contribution in [3.05, 3.63) is 60.8 Å². The van der Waals surface area contributed by atoms with Crippen LogP contribution in [0.15, 0.2) is 60.8 Å². The molecule has 0 aromatic carbocycles. The Morgan fingerprint density at radius 3 is 1.00 bits per heavy atom. The maximum atomic E-state index is 12.8. The number of unbranched alkanes of at least 4 members (excludes halogenated alkanes) is 25. The van der Waals surface area contributed by atoms with Crippen LogP contribution in [-0.2, 0) is 28.6 Å². The van der Waals surface area contributed by atoms with Gasteiger partial charge in [-0.05, 0) is 64.2 Å². The molecule has 61 heavy (non-hydrogen) atoms. The monoisotopic (exact) mass is 853 g/mol. The first kappa shape index (κ1) is 58.1. The van der Waals surface area contributed by atoms with E-state index >= 15 is 0 Å². The average molecular weight is 853 g/mol. The molecule has 0 aliphatic heterocycles. The van der Waals surface area contributed by atoms with Gasteiger partial charge in [-0.1, -0.05) is 229 Å². The fourth-order valence-corrected chi connectivity index (χ4v) is 7.17. The van der Waals surface area contributed by atoms with Gasteiger partial charge >= 0.3 is 17.9 Å². The lowest BCUT2D eigenvalue weighted by atomic mass is 10.0. The Morgan fingerprint density at radius 2 is 0.639 bits per heavy atom. The van der Waals surface area contributed by atoms with Crippen molar-refractivity contribution < 1.29 is 28.6 Å². The molecule has 6 nitrogen and oxygen atoms in total. The van der Waals surface area contributed by atoms with Gasteiger partial charge in [-0.25, -0.2) is 0 Å². The third kappa shape index (κ3) is 48.0. The summed E-state index contributed by atoms with van der Waals surface area (Å²) in [5.74, 6) is -0.916. The van der Waals surface area contributed by atoms with E-state index in [9.17, 15) is 14.4 Å². The lowest BCUT2D eigenvalue weighted by molar-refractivity contribution is -0.167. The van der Waals surface area contributed by atoms with E-state index in [1.807, 2.05) is 0 Å². The standard InChI is InChI=1S/C55H96O6/c1-4-7-10-13-16-18-20-22-24-26-27-29-30-32-34-36-39-42-45-48-54(57)60-51-52(50-59-53(56)47-44-41-38-15-12-9-6-3)61-55(58)49-46-43-40-37-35-33-31-28-25-23-21-19-17-14-11-8-5-2/h7,10,16,18,22,24,27,29,32,34,52H,4-6,8-9,11-15,17,19-21,23,25-26,28,30-31,33,35-51H2,1-3H3/b10-7-,18-16-,24-22-,29-27-,34-32-. The quantitative estimate of drug-likeness (QED) is 0.0263. The molecule has 0 saturated carbocycles. The summed E-state index contributed by atoms with van der Waals surface area (Å²) in [6.07, 6.45) is 60.8. The van der Waals surface area contributed by atoms with Crippen molar-refractivity contribution in [2.75, 3.05) is 13.2 Å². The minimum Gasteiger partial charge on any atom is -0.462 e. The Hall–Kier alpha value is -2.89. The third-order valence-electron chi connectivity index (χ3n) is 11.0. The molecule has 0 N–H and O–H groups in total. The smallest absolute Gasteiger partial charge is 0.306 e. The van der Waals surface area contributed by atoms with Crippen LogP contribution in [0.4, 0.5) is 0 Å². The number of carbonyl (C=O) groups excluding carboxylic acids is 3. The summed E-state index contributed by atoms with van der Waals surface area (Å²) in [5, 5.41) is 0. The molecule has 0 saturated heterocycles. The maximum Gasteiger partial charge on any atom is 0.306 e. The van der Waals surface area contributed by atoms with Gasteiger partial charge in [0.1, 0.15) is 13.2 Å². The summed E-state index contributed by atoms with van der Waals surface area (Å²) in [7, 11) is 0. The van der Waals surface area contributed by atoms with E-state index < -0.39 is 6.10 Å². The molecule has 0 radical (unpaired) electrons. The Morgan fingerprint density at radius 1 is 0.344 bits per heavy atom. The van der Waals surface area contributed by atoms with Crippen LogP contribution in [0.5, 0.6) is 0 Å². The largest absolute Gasteiger partial charge is 0.462 e. The van der Waals surface area contributed by atoms with Crippen molar-refractivity contribution in [2.24, 2.45) is 0 Å². The molecule has 352 valence electrons. The molecule has 0 amide bonds. The molecule has 0 bridgehead atoms. The highest BCUT2D eigenvalue weighted by Gasteiger charge is 2.19. The molecule has 0 aromatic heterocycles. The van der Waals surface area contributed by atoms with Crippen molar-refractivity contribution in [3.63, 3.8) is 0 Å². The molecule has 0 heterocycles. The number of esters is 3. The van der Waals surface area contributed by atoms with E-state index in [0.717, 1.165) is 96.3 Å². The first-order chi connectivity index (χ1) is 30.0.